The van der Waals surface area contributed by atoms with Gasteiger partial charge in [-0.3, -0.25) is 9.59 Å². The molecule has 0 aromatic carbocycles. The Morgan fingerprint density at radius 1 is 1.22 bits per heavy atom. The fourth-order valence-corrected chi connectivity index (χ4v) is 4.04. The van der Waals surface area contributed by atoms with Crippen molar-refractivity contribution in [3.05, 3.63) is 28.7 Å². The highest BCUT2D eigenvalue weighted by molar-refractivity contribution is 5.88. The predicted octanol–water partition coefficient (Wildman–Crippen LogP) is 1.86. The molecule has 1 N–H and O–H groups in total. The molecular weight excluding hydrogens is 342 g/mol. The van der Waals surface area contributed by atoms with Crippen molar-refractivity contribution < 1.29 is 9.59 Å². The van der Waals surface area contributed by atoms with Crippen LogP contribution in [0.3, 0.4) is 0 Å². The average molecular weight is 369 g/mol. The largest absolute Gasteiger partial charge is 0.352 e. The van der Waals surface area contributed by atoms with Gasteiger partial charge in [0.1, 0.15) is 6.04 Å². The maximum Gasteiger partial charge on any atom is 0.243 e. The summed E-state index contributed by atoms with van der Waals surface area (Å²) in [5, 5.41) is 7.53. The molecule has 0 radical (unpaired) electrons. The molecule has 2 aliphatic rings. The molecule has 0 bridgehead atoms. The van der Waals surface area contributed by atoms with Gasteiger partial charge in [-0.25, -0.2) is 9.50 Å². The first kappa shape index (κ1) is 17.9. The van der Waals surface area contributed by atoms with Gasteiger partial charge in [-0.1, -0.05) is 0 Å². The molecule has 4 rings (SSSR count). The van der Waals surface area contributed by atoms with E-state index in [1.54, 1.807) is 4.90 Å². The molecule has 0 spiro atoms. The lowest BCUT2D eigenvalue weighted by molar-refractivity contribution is -0.138. The standard InChI is InChI=1S/C20H27N5O2/c1-12-11-18-21-13(2)16(14(3)25(18)23-12)8-9-19(26)24-10-4-5-17(24)20(27)22-15-6-7-15/h11,15,17H,4-10H2,1-3H3,(H,22,27). The topological polar surface area (TPSA) is 79.6 Å². The third kappa shape index (κ3) is 3.55. The van der Waals surface area contributed by atoms with E-state index in [1.165, 1.54) is 0 Å². The minimum Gasteiger partial charge on any atom is -0.352 e. The first-order chi connectivity index (χ1) is 12.9. The van der Waals surface area contributed by atoms with E-state index >= 15 is 0 Å². The van der Waals surface area contributed by atoms with Gasteiger partial charge in [0, 0.05) is 36.5 Å². The fourth-order valence-electron chi connectivity index (χ4n) is 4.04. The second-order valence-electron chi connectivity index (χ2n) is 7.84. The minimum absolute atomic E-state index is 0.0193. The predicted molar refractivity (Wildman–Crippen MR) is 101 cm³/mol. The zero-order valence-corrected chi connectivity index (χ0v) is 16.3. The van der Waals surface area contributed by atoms with Gasteiger partial charge in [0.2, 0.25) is 11.8 Å². The Balaban J connectivity index is 1.45. The number of hydrogen-bond donors (Lipinski definition) is 1. The molecule has 1 aliphatic carbocycles. The SMILES string of the molecule is Cc1cc2nc(C)c(CCC(=O)N3CCCC3C(=O)NC3CC3)c(C)n2n1. The Morgan fingerprint density at radius 3 is 2.74 bits per heavy atom. The minimum atomic E-state index is -0.297. The van der Waals surface area contributed by atoms with E-state index in [2.05, 4.69) is 15.4 Å². The highest BCUT2D eigenvalue weighted by atomic mass is 16.2. The van der Waals surface area contributed by atoms with Crippen LogP contribution >= 0.6 is 0 Å². The molecule has 7 heteroatoms. The Labute approximate surface area is 159 Å². The van der Waals surface area contributed by atoms with Crippen molar-refractivity contribution in [1.29, 1.82) is 0 Å². The van der Waals surface area contributed by atoms with Gasteiger partial charge in [-0.05, 0) is 58.4 Å². The number of nitrogens with one attached hydrogen (secondary N) is 1. The van der Waals surface area contributed by atoms with Gasteiger partial charge in [-0.15, -0.1) is 0 Å². The summed E-state index contributed by atoms with van der Waals surface area (Å²) in [4.78, 5) is 31.6. The van der Waals surface area contributed by atoms with Crippen molar-refractivity contribution >= 4 is 17.5 Å². The van der Waals surface area contributed by atoms with Crippen LogP contribution < -0.4 is 5.32 Å². The van der Waals surface area contributed by atoms with Crippen LogP contribution in [0.15, 0.2) is 6.07 Å². The number of nitrogens with zero attached hydrogens (tertiary/aromatic N) is 4. The van der Waals surface area contributed by atoms with Crippen LogP contribution in [-0.2, 0) is 16.0 Å². The first-order valence-electron chi connectivity index (χ1n) is 9.86. The number of hydrogen-bond acceptors (Lipinski definition) is 4. The summed E-state index contributed by atoms with van der Waals surface area (Å²) < 4.78 is 1.85. The van der Waals surface area contributed by atoms with Gasteiger partial charge in [-0.2, -0.15) is 5.10 Å². The summed E-state index contributed by atoms with van der Waals surface area (Å²) >= 11 is 0. The van der Waals surface area contributed by atoms with E-state index in [-0.39, 0.29) is 17.9 Å². The highest BCUT2D eigenvalue weighted by Gasteiger charge is 2.36. The molecule has 1 saturated heterocycles. The molecule has 1 saturated carbocycles. The Bertz CT molecular complexity index is 899. The Kier molecular flexibility index (Phi) is 4.61. The van der Waals surface area contributed by atoms with E-state index in [0.29, 0.717) is 25.4 Å². The van der Waals surface area contributed by atoms with E-state index in [4.69, 9.17) is 0 Å². The second-order valence-corrected chi connectivity index (χ2v) is 7.84. The monoisotopic (exact) mass is 369 g/mol. The van der Waals surface area contributed by atoms with Crippen LogP contribution in [0.5, 0.6) is 0 Å². The lowest BCUT2D eigenvalue weighted by Gasteiger charge is -2.24. The normalized spacial score (nSPS) is 19.7. The fraction of sp³-hybridized carbons (Fsp3) is 0.600. The average Bonchev–Trinajstić information content (AvgIpc) is 3.15. The Hall–Kier alpha value is -2.44. The third-order valence-electron chi connectivity index (χ3n) is 5.67. The number of aryl methyl sites for hydroxylation is 3. The van der Waals surface area contributed by atoms with Gasteiger partial charge >= 0.3 is 0 Å². The smallest absolute Gasteiger partial charge is 0.243 e. The van der Waals surface area contributed by atoms with Crippen molar-refractivity contribution in [1.82, 2.24) is 24.8 Å². The molecule has 2 aromatic rings. The van der Waals surface area contributed by atoms with E-state index in [1.807, 2.05) is 31.4 Å². The zero-order chi connectivity index (χ0) is 19.1. The first-order valence-corrected chi connectivity index (χ1v) is 9.86. The molecule has 144 valence electrons. The summed E-state index contributed by atoms with van der Waals surface area (Å²) in [6, 6.07) is 1.99. The van der Waals surface area contributed by atoms with Crippen LogP contribution in [0.2, 0.25) is 0 Å². The van der Waals surface area contributed by atoms with E-state index in [9.17, 15) is 9.59 Å². The second kappa shape index (κ2) is 6.94. The van der Waals surface area contributed by atoms with Crippen molar-refractivity contribution in [2.24, 2.45) is 0 Å². The quantitative estimate of drug-likeness (QED) is 0.872. The summed E-state index contributed by atoms with van der Waals surface area (Å²) in [6.07, 6.45) is 4.80. The molecule has 1 aliphatic heterocycles. The van der Waals surface area contributed by atoms with Crippen LogP contribution in [-0.4, -0.2) is 49.9 Å². The molecule has 27 heavy (non-hydrogen) atoms. The summed E-state index contributed by atoms with van der Waals surface area (Å²) in [7, 11) is 0. The number of amides is 2. The summed E-state index contributed by atoms with van der Waals surface area (Å²) in [5.41, 5.74) is 4.81. The number of carbonyl (C=O) groups excluding carboxylic acids is 2. The number of fused-ring (bicyclic) bond motifs is 1. The zero-order valence-electron chi connectivity index (χ0n) is 16.3. The van der Waals surface area contributed by atoms with Crippen molar-refractivity contribution in [3.63, 3.8) is 0 Å². The van der Waals surface area contributed by atoms with Gasteiger partial charge in [0.15, 0.2) is 5.65 Å². The number of rotatable bonds is 5. The lowest BCUT2D eigenvalue weighted by Crippen LogP contribution is -2.46. The molecule has 2 fully saturated rings. The molecule has 3 heterocycles. The van der Waals surface area contributed by atoms with Crippen molar-refractivity contribution in [3.8, 4) is 0 Å². The number of carbonyl (C=O) groups is 2. The summed E-state index contributed by atoms with van der Waals surface area (Å²) in [6.45, 7) is 6.63. The maximum absolute atomic E-state index is 12.8. The molecule has 2 amide bonds. The van der Waals surface area contributed by atoms with Crippen molar-refractivity contribution in [2.75, 3.05) is 6.54 Å². The lowest BCUT2D eigenvalue weighted by atomic mass is 10.1. The Morgan fingerprint density at radius 2 is 2.00 bits per heavy atom. The van der Waals surface area contributed by atoms with Crippen LogP contribution in [0.1, 0.15) is 54.7 Å². The van der Waals surface area contributed by atoms with E-state index < -0.39 is 0 Å². The van der Waals surface area contributed by atoms with Crippen molar-refractivity contribution in [2.45, 2.75) is 71.4 Å². The highest BCUT2D eigenvalue weighted by Crippen LogP contribution is 2.24. The number of aromatic nitrogens is 3. The maximum atomic E-state index is 12.8. The van der Waals surface area contributed by atoms with Crippen LogP contribution in [0.4, 0.5) is 0 Å². The molecule has 1 unspecified atom stereocenters. The molecule has 7 nitrogen and oxygen atoms in total. The van der Waals surface area contributed by atoms with Gasteiger partial charge in [0.25, 0.3) is 0 Å². The summed E-state index contributed by atoms with van der Waals surface area (Å²) in [5.74, 6) is 0.0739. The molecular formula is C20H27N5O2. The van der Waals surface area contributed by atoms with Crippen LogP contribution in [0, 0.1) is 20.8 Å². The number of likely N-dealkylation sites (tertiary alicyclic amines) is 1. The molecule has 2 aromatic heterocycles. The van der Waals surface area contributed by atoms with E-state index in [0.717, 1.165) is 54.0 Å². The molecule has 1 atom stereocenters. The van der Waals surface area contributed by atoms with Crippen LogP contribution in [0.25, 0.3) is 5.65 Å². The van der Waals surface area contributed by atoms with Gasteiger partial charge in [0.05, 0.1) is 5.69 Å². The van der Waals surface area contributed by atoms with Gasteiger partial charge < -0.3 is 10.2 Å². The third-order valence-corrected chi connectivity index (χ3v) is 5.67.